The summed E-state index contributed by atoms with van der Waals surface area (Å²) in [4.78, 5) is 62.2. The van der Waals surface area contributed by atoms with Gasteiger partial charge in [0, 0.05) is 50.0 Å². The molecule has 4 aliphatic rings. The van der Waals surface area contributed by atoms with Gasteiger partial charge < -0.3 is 29.1 Å². The molecule has 2 saturated heterocycles. The summed E-state index contributed by atoms with van der Waals surface area (Å²) in [7, 11) is 0. The summed E-state index contributed by atoms with van der Waals surface area (Å²) >= 11 is 0. The van der Waals surface area contributed by atoms with E-state index < -0.39 is 63.9 Å². The number of benzene rings is 1. The summed E-state index contributed by atoms with van der Waals surface area (Å²) in [5, 5.41) is 6.69. The number of rotatable bonds is 5. The Labute approximate surface area is 245 Å². The predicted molar refractivity (Wildman–Crippen MR) is 148 cm³/mol. The Balaban J connectivity index is 1.46. The second kappa shape index (κ2) is 10.9. The molecule has 13 heteroatoms. The van der Waals surface area contributed by atoms with Gasteiger partial charge in [0.1, 0.15) is 17.2 Å². The molecule has 1 aromatic heterocycles. The first-order chi connectivity index (χ1) is 20.5. The first kappa shape index (κ1) is 29.0. The summed E-state index contributed by atoms with van der Waals surface area (Å²) in [6, 6.07) is 2.14. The van der Waals surface area contributed by atoms with Crippen molar-refractivity contribution in [3.8, 4) is 5.75 Å². The molecule has 228 valence electrons. The van der Waals surface area contributed by atoms with Crippen LogP contribution in [0.2, 0.25) is 0 Å². The topological polar surface area (TPSA) is 129 Å². The van der Waals surface area contributed by atoms with Gasteiger partial charge in [-0.25, -0.2) is 13.6 Å². The van der Waals surface area contributed by atoms with Crippen molar-refractivity contribution >= 4 is 23.5 Å². The summed E-state index contributed by atoms with van der Waals surface area (Å²) in [6.07, 6.45) is 2.55. The SMILES string of the molecule is CC1=NO[C@@]2(CC[C@H](C)N3C[C@H]2n2cc(C(=O)NCc4ccc(F)cc4F)c(=O)c(OC(=O)C4OCCC4C)c2C3=O)C1. The molecule has 0 aliphatic carbocycles. The molecule has 2 aromatic rings. The van der Waals surface area contributed by atoms with E-state index in [1.807, 2.05) is 20.8 Å². The number of nitrogens with one attached hydrogen (secondary N) is 1. The molecule has 4 aliphatic heterocycles. The van der Waals surface area contributed by atoms with E-state index in [0.717, 1.165) is 11.8 Å². The number of esters is 1. The van der Waals surface area contributed by atoms with Crippen molar-refractivity contribution in [2.24, 2.45) is 11.1 Å². The van der Waals surface area contributed by atoms with Crippen LogP contribution >= 0.6 is 0 Å². The highest BCUT2D eigenvalue weighted by molar-refractivity contribution is 6.00. The van der Waals surface area contributed by atoms with E-state index in [0.29, 0.717) is 38.4 Å². The Morgan fingerprint density at radius 3 is 2.67 bits per heavy atom. The second-order valence-corrected chi connectivity index (χ2v) is 11.9. The second-order valence-electron chi connectivity index (χ2n) is 11.9. The van der Waals surface area contributed by atoms with Crippen LogP contribution in [-0.4, -0.2) is 63.9 Å². The van der Waals surface area contributed by atoms with E-state index >= 15 is 0 Å². The molecule has 5 atom stereocenters. The van der Waals surface area contributed by atoms with Gasteiger partial charge in [-0.3, -0.25) is 14.4 Å². The quantitative estimate of drug-likeness (QED) is 0.524. The first-order valence-electron chi connectivity index (χ1n) is 14.4. The van der Waals surface area contributed by atoms with Crippen LogP contribution in [0.1, 0.15) is 78.9 Å². The van der Waals surface area contributed by atoms with Crippen LogP contribution < -0.4 is 15.5 Å². The fourth-order valence-electron chi connectivity index (χ4n) is 6.46. The average Bonchev–Trinajstić information content (AvgIpc) is 3.54. The van der Waals surface area contributed by atoms with Gasteiger partial charge in [0.25, 0.3) is 11.8 Å². The molecule has 11 nitrogen and oxygen atoms in total. The van der Waals surface area contributed by atoms with Crippen molar-refractivity contribution in [3.05, 3.63) is 63.1 Å². The Morgan fingerprint density at radius 1 is 1.21 bits per heavy atom. The molecular formula is C30H32F2N4O7. The molecule has 5 heterocycles. The summed E-state index contributed by atoms with van der Waals surface area (Å²) in [5.74, 6) is -4.64. The Bertz CT molecular complexity index is 1610. The first-order valence-corrected chi connectivity index (χ1v) is 14.4. The van der Waals surface area contributed by atoms with Crippen molar-refractivity contribution in [2.45, 2.75) is 76.8 Å². The number of carbonyl (C=O) groups is 3. The minimum atomic E-state index is -0.975. The molecule has 43 heavy (non-hydrogen) atoms. The van der Waals surface area contributed by atoms with Gasteiger partial charge in [-0.15, -0.1) is 0 Å². The zero-order chi connectivity index (χ0) is 30.6. The van der Waals surface area contributed by atoms with E-state index in [1.165, 1.54) is 16.8 Å². The molecule has 1 N–H and O–H groups in total. The maximum Gasteiger partial charge on any atom is 0.341 e. The molecule has 2 bridgehead atoms. The van der Waals surface area contributed by atoms with Crippen molar-refractivity contribution in [2.75, 3.05) is 13.2 Å². The fourth-order valence-corrected chi connectivity index (χ4v) is 6.46. The maximum absolute atomic E-state index is 14.3. The van der Waals surface area contributed by atoms with Crippen molar-refractivity contribution in [1.29, 1.82) is 0 Å². The summed E-state index contributed by atoms with van der Waals surface area (Å²) < 4.78 is 40.3. The van der Waals surface area contributed by atoms with E-state index in [1.54, 1.807) is 4.90 Å². The highest BCUT2D eigenvalue weighted by atomic mass is 19.1. The standard InChI is InChI=1S/C30H32F2N4O7/c1-15-7-9-41-25(15)29(40)42-26-23-28(39)35-14-22(30(8-6-17(35)3)11-16(2)34-43-30)36(23)13-20(24(26)37)27(38)33-12-18-4-5-19(31)10-21(18)32/h4-5,10,13,15,17,22,25H,6-9,11-12,14H2,1-3H3,(H,33,38)/t15?,17-,22+,25?,30-/m0/s1. The number of hydrogen-bond acceptors (Lipinski definition) is 8. The molecule has 0 radical (unpaired) electrons. The molecule has 2 unspecified atom stereocenters. The zero-order valence-corrected chi connectivity index (χ0v) is 24.0. The third kappa shape index (κ3) is 4.98. The van der Waals surface area contributed by atoms with E-state index in [2.05, 4.69) is 10.5 Å². The lowest BCUT2D eigenvalue weighted by molar-refractivity contribution is -0.146. The number of hydrogen-bond donors (Lipinski definition) is 1. The van der Waals surface area contributed by atoms with Crippen LogP contribution in [0.3, 0.4) is 0 Å². The number of fused-ring (bicyclic) bond motifs is 5. The average molecular weight is 599 g/mol. The number of ether oxygens (including phenoxy) is 2. The van der Waals surface area contributed by atoms with Crippen molar-refractivity contribution in [1.82, 2.24) is 14.8 Å². The van der Waals surface area contributed by atoms with E-state index in [-0.39, 0.29) is 36.3 Å². The highest BCUT2D eigenvalue weighted by Crippen LogP contribution is 2.46. The van der Waals surface area contributed by atoms with Gasteiger partial charge in [-0.2, -0.15) is 0 Å². The molecule has 6 rings (SSSR count). The maximum atomic E-state index is 14.3. The molecule has 1 spiro atoms. The summed E-state index contributed by atoms with van der Waals surface area (Å²) in [5.41, 5.74) is -1.66. The third-order valence-electron chi connectivity index (χ3n) is 8.95. The van der Waals surface area contributed by atoms with Crippen LogP contribution in [0.15, 0.2) is 34.3 Å². The lowest BCUT2D eigenvalue weighted by atomic mass is 9.84. The van der Waals surface area contributed by atoms with Crippen LogP contribution in [0.5, 0.6) is 5.75 Å². The van der Waals surface area contributed by atoms with Gasteiger partial charge in [0.05, 0.1) is 11.8 Å². The third-order valence-corrected chi connectivity index (χ3v) is 8.95. The number of aromatic nitrogens is 1. The minimum Gasteiger partial charge on any atom is -0.418 e. The van der Waals surface area contributed by atoms with E-state index in [9.17, 15) is 28.0 Å². The Morgan fingerprint density at radius 2 is 2.00 bits per heavy atom. The Hall–Kier alpha value is -4.13. The molecular weight excluding hydrogens is 566 g/mol. The number of halogens is 2. The molecule has 2 amide bonds. The van der Waals surface area contributed by atoms with Crippen molar-refractivity contribution in [3.63, 3.8) is 0 Å². The molecule has 0 saturated carbocycles. The zero-order valence-electron chi connectivity index (χ0n) is 24.0. The summed E-state index contributed by atoms with van der Waals surface area (Å²) in [6.45, 7) is 5.77. The number of oxime groups is 1. The predicted octanol–water partition coefficient (Wildman–Crippen LogP) is 3.10. The number of pyridine rings is 1. The van der Waals surface area contributed by atoms with Crippen LogP contribution in [-0.2, 0) is 20.9 Å². The Kier molecular flexibility index (Phi) is 7.31. The van der Waals surface area contributed by atoms with Crippen LogP contribution in [0.25, 0.3) is 0 Å². The van der Waals surface area contributed by atoms with Gasteiger partial charge in [-0.1, -0.05) is 18.1 Å². The monoisotopic (exact) mass is 598 g/mol. The lowest BCUT2D eigenvalue weighted by Gasteiger charge is -2.42. The lowest BCUT2D eigenvalue weighted by Crippen LogP contribution is -2.52. The van der Waals surface area contributed by atoms with Gasteiger partial charge in [0.2, 0.25) is 11.2 Å². The largest absolute Gasteiger partial charge is 0.418 e. The smallest absolute Gasteiger partial charge is 0.341 e. The number of carbonyl (C=O) groups excluding carboxylic acids is 3. The van der Waals surface area contributed by atoms with Crippen LogP contribution in [0.4, 0.5) is 8.78 Å². The van der Waals surface area contributed by atoms with Gasteiger partial charge in [-0.05, 0) is 45.1 Å². The van der Waals surface area contributed by atoms with Gasteiger partial charge >= 0.3 is 5.97 Å². The number of amides is 2. The molecule has 1 aromatic carbocycles. The van der Waals surface area contributed by atoms with Crippen molar-refractivity contribution < 1.29 is 37.5 Å². The van der Waals surface area contributed by atoms with Gasteiger partial charge in [0.15, 0.2) is 17.4 Å². The van der Waals surface area contributed by atoms with E-state index in [4.69, 9.17) is 14.3 Å². The van der Waals surface area contributed by atoms with Crippen LogP contribution in [0, 0.1) is 17.6 Å². The minimum absolute atomic E-state index is 0.00124. The normalized spacial score (nSPS) is 27.8. The highest BCUT2D eigenvalue weighted by Gasteiger charge is 2.54. The molecule has 2 fully saturated rings. The fraction of sp³-hybridized carbons (Fsp3) is 0.500. The number of nitrogens with zero attached hydrogens (tertiary/aromatic N) is 3.